The maximum atomic E-state index is 13.6. The summed E-state index contributed by atoms with van der Waals surface area (Å²) in [6.45, 7) is 3.19. The maximum Gasteiger partial charge on any atom is 0.308 e. The quantitative estimate of drug-likeness (QED) is 0.405. The molecular formula is C25H23FN2O5. The van der Waals surface area contributed by atoms with Crippen LogP contribution in [0.5, 0.6) is 5.75 Å². The fraction of sp³-hybridized carbons (Fsp3) is 0.240. The predicted molar refractivity (Wildman–Crippen MR) is 119 cm³/mol. The fourth-order valence-electron chi connectivity index (χ4n) is 3.96. The number of hydrogen-bond acceptors (Lipinski definition) is 5. The second-order valence-corrected chi connectivity index (χ2v) is 7.74. The molecule has 33 heavy (non-hydrogen) atoms. The zero-order chi connectivity index (χ0) is 23.5. The zero-order valence-corrected chi connectivity index (χ0v) is 18.3. The molecule has 8 heteroatoms. The fourth-order valence-corrected chi connectivity index (χ4v) is 3.96. The van der Waals surface area contributed by atoms with Gasteiger partial charge in [-0.3, -0.25) is 14.4 Å². The number of anilines is 1. The average molecular weight is 450 g/mol. The van der Waals surface area contributed by atoms with Gasteiger partial charge in [0.2, 0.25) is 5.78 Å². The summed E-state index contributed by atoms with van der Waals surface area (Å²) >= 11 is 0. The smallest absolute Gasteiger partial charge is 0.308 e. The van der Waals surface area contributed by atoms with Crippen molar-refractivity contribution in [3.8, 4) is 11.4 Å². The van der Waals surface area contributed by atoms with Crippen LogP contribution in [0.25, 0.3) is 5.69 Å². The first-order valence-corrected chi connectivity index (χ1v) is 10.5. The maximum absolute atomic E-state index is 13.6. The van der Waals surface area contributed by atoms with Gasteiger partial charge in [0.25, 0.3) is 5.91 Å². The molecule has 1 amide bonds. The molecule has 1 aliphatic rings. The van der Waals surface area contributed by atoms with E-state index in [1.807, 2.05) is 6.92 Å². The van der Waals surface area contributed by atoms with E-state index in [-0.39, 0.29) is 37.1 Å². The van der Waals surface area contributed by atoms with Crippen LogP contribution in [-0.4, -0.2) is 42.0 Å². The minimum absolute atomic E-state index is 0.0599. The lowest BCUT2D eigenvalue weighted by Gasteiger charge is -2.28. The van der Waals surface area contributed by atoms with Crippen molar-refractivity contribution in [1.29, 1.82) is 0 Å². The van der Waals surface area contributed by atoms with Crippen LogP contribution in [0.4, 0.5) is 10.1 Å². The second-order valence-electron chi connectivity index (χ2n) is 7.74. The first kappa shape index (κ1) is 22.3. The highest BCUT2D eigenvalue weighted by Crippen LogP contribution is 2.31. The van der Waals surface area contributed by atoms with Crippen molar-refractivity contribution in [1.82, 2.24) is 4.57 Å². The van der Waals surface area contributed by atoms with E-state index in [1.54, 1.807) is 54.0 Å². The van der Waals surface area contributed by atoms with Crippen LogP contribution < -0.4 is 9.64 Å². The molecule has 0 bridgehead atoms. The number of fused-ring (bicyclic) bond motifs is 1. The van der Waals surface area contributed by atoms with Crippen LogP contribution in [0.1, 0.15) is 28.2 Å². The molecule has 0 fully saturated rings. The van der Waals surface area contributed by atoms with Gasteiger partial charge in [-0.05, 0) is 50.2 Å². The summed E-state index contributed by atoms with van der Waals surface area (Å²) in [5.74, 6) is -0.981. The van der Waals surface area contributed by atoms with Crippen molar-refractivity contribution >= 4 is 23.3 Å². The number of ether oxygens (including phenoxy) is 2. The van der Waals surface area contributed by atoms with Crippen molar-refractivity contribution in [2.45, 2.75) is 20.3 Å². The summed E-state index contributed by atoms with van der Waals surface area (Å²) in [7, 11) is 0. The Morgan fingerprint density at radius 1 is 1.09 bits per heavy atom. The van der Waals surface area contributed by atoms with Gasteiger partial charge in [-0.25, -0.2) is 4.39 Å². The third-order valence-electron chi connectivity index (χ3n) is 5.51. The number of para-hydroxylation sites is 2. The van der Waals surface area contributed by atoms with Crippen LogP contribution in [-0.2, 0) is 14.3 Å². The number of rotatable bonds is 7. The molecule has 0 aliphatic carbocycles. The number of amides is 1. The minimum Gasteiger partial charge on any atom is -0.482 e. The summed E-state index contributed by atoms with van der Waals surface area (Å²) in [6, 6.07) is 14.9. The Morgan fingerprint density at radius 2 is 1.88 bits per heavy atom. The minimum atomic E-state index is -0.584. The normalized spacial score (nSPS) is 12.8. The largest absolute Gasteiger partial charge is 0.482 e. The predicted octanol–water partition coefficient (Wildman–Crippen LogP) is 3.77. The number of nitrogens with zero attached hydrogens (tertiary/aromatic N) is 2. The molecule has 0 radical (unpaired) electrons. The molecular weight excluding hydrogens is 427 g/mol. The van der Waals surface area contributed by atoms with E-state index in [0.717, 1.165) is 5.69 Å². The van der Waals surface area contributed by atoms with Crippen LogP contribution in [0.15, 0.2) is 54.6 Å². The topological polar surface area (TPSA) is 77.8 Å². The lowest BCUT2D eigenvalue weighted by atomic mass is 10.1. The third-order valence-corrected chi connectivity index (χ3v) is 5.51. The van der Waals surface area contributed by atoms with E-state index >= 15 is 0 Å². The average Bonchev–Trinajstić information content (AvgIpc) is 3.10. The molecule has 1 aromatic heterocycles. The Labute approximate surface area is 190 Å². The van der Waals surface area contributed by atoms with E-state index in [2.05, 4.69) is 0 Å². The Kier molecular flexibility index (Phi) is 6.26. The number of esters is 1. The zero-order valence-electron chi connectivity index (χ0n) is 18.3. The van der Waals surface area contributed by atoms with Gasteiger partial charge in [0.1, 0.15) is 11.6 Å². The molecule has 1 aliphatic heterocycles. The van der Waals surface area contributed by atoms with Crippen molar-refractivity contribution in [3.05, 3.63) is 77.4 Å². The number of ketones is 1. The third kappa shape index (κ3) is 4.64. The van der Waals surface area contributed by atoms with Crippen LogP contribution in [0.2, 0.25) is 0 Å². The number of hydrogen-bond donors (Lipinski definition) is 0. The van der Waals surface area contributed by atoms with Crippen LogP contribution in [0.3, 0.4) is 0 Å². The summed E-state index contributed by atoms with van der Waals surface area (Å²) in [5.41, 5.74) is 3.01. The van der Waals surface area contributed by atoms with E-state index in [9.17, 15) is 18.8 Å². The molecule has 4 rings (SSSR count). The van der Waals surface area contributed by atoms with E-state index in [4.69, 9.17) is 9.47 Å². The van der Waals surface area contributed by atoms with Gasteiger partial charge < -0.3 is 18.9 Å². The van der Waals surface area contributed by atoms with Gasteiger partial charge in [0.15, 0.2) is 13.2 Å². The number of aromatic nitrogens is 1. The molecule has 170 valence electrons. The highest BCUT2D eigenvalue weighted by molar-refractivity contribution is 6.00. The lowest BCUT2D eigenvalue weighted by molar-refractivity contribution is -0.142. The highest BCUT2D eigenvalue weighted by Gasteiger charge is 2.26. The molecule has 0 unspecified atom stereocenters. The number of halogens is 1. The highest BCUT2D eigenvalue weighted by atomic mass is 19.1. The van der Waals surface area contributed by atoms with Crippen LogP contribution in [0, 0.1) is 19.7 Å². The Hall–Kier alpha value is -3.94. The molecule has 7 nitrogen and oxygen atoms in total. The standard InChI is InChI=1S/C25H23FN2O5/c1-16-12-20(17(2)28(16)19-7-5-6-18(26)13-19)22(29)14-33-25(31)10-11-27-21-8-3-4-9-23(21)32-15-24(27)30/h3-9,12-13H,10-11,14-15H2,1-2H3. The molecule has 0 N–H and O–H groups in total. The van der Waals surface area contributed by atoms with E-state index in [0.29, 0.717) is 28.4 Å². The first-order chi connectivity index (χ1) is 15.8. The number of carbonyl (C=O) groups is 3. The Bertz CT molecular complexity index is 1230. The SMILES string of the molecule is Cc1cc(C(=O)COC(=O)CCN2C(=O)COc3ccccc32)c(C)n1-c1cccc(F)c1. The summed E-state index contributed by atoms with van der Waals surface area (Å²) in [4.78, 5) is 38.7. The number of Topliss-reactive ketones (excluding diaryl/α,β-unsaturated/α-hetero) is 1. The number of benzene rings is 2. The van der Waals surface area contributed by atoms with Gasteiger partial charge in [0.05, 0.1) is 12.1 Å². The molecule has 3 aromatic rings. The molecule has 0 saturated heterocycles. The lowest BCUT2D eigenvalue weighted by Crippen LogP contribution is -2.40. The van der Waals surface area contributed by atoms with Gasteiger partial charge in [-0.15, -0.1) is 0 Å². The molecule has 0 spiro atoms. The van der Waals surface area contributed by atoms with Crippen LogP contribution >= 0.6 is 0 Å². The monoisotopic (exact) mass is 450 g/mol. The van der Waals surface area contributed by atoms with Crippen molar-refractivity contribution in [3.63, 3.8) is 0 Å². The summed E-state index contributed by atoms with van der Waals surface area (Å²) in [6.07, 6.45) is -0.0599. The van der Waals surface area contributed by atoms with Gasteiger partial charge in [-0.1, -0.05) is 18.2 Å². The first-order valence-electron chi connectivity index (χ1n) is 10.5. The van der Waals surface area contributed by atoms with E-state index < -0.39 is 12.6 Å². The van der Waals surface area contributed by atoms with Crippen molar-refractivity contribution < 1.29 is 28.2 Å². The van der Waals surface area contributed by atoms with Gasteiger partial charge in [-0.2, -0.15) is 0 Å². The second kappa shape index (κ2) is 9.28. The van der Waals surface area contributed by atoms with Crippen molar-refractivity contribution in [2.75, 3.05) is 24.7 Å². The van der Waals surface area contributed by atoms with E-state index in [1.165, 1.54) is 17.0 Å². The van der Waals surface area contributed by atoms with Gasteiger partial charge >= 0.3 is 5.97 Å². The molecule has 2 aromatic carbocycles. The van der Waals surface area contributed by atoms with Crippen molar-refractivity contribution in [2.24, 2.45) is 0 Å². The number of aryl methyl sites for hydroxylation is 1. The summed E-state index contributed by atoms with van der Waals surface area (Å²) < 4.78 is 26.0. The number of carbonyl (C=O) groups excluding carboxylic acids is 3. The Balaban J connectivity index is 1.37. The Morgan fingerprint density at radius 3 is 2.67 bits per heavy atom. The van der Waals surface area contributed by atoms with Gasteiger partial charge in [0, 0.05) is 29.2 Å². The molecule has 0 atom stereocenters. The summed E-state index contributed by atoms with van der Waals surface area (Å²) in [5, 5.41) is 0. The molecule has 2 heterocycles. The molecule has 0 saturated carbocycles.